The minimum atomic E-state index is -3.46. The SMILES string of the molecule is N#CCc1ccc(NC(=O)c2ccc(CN3CCN(S(=O)(=O)c4ccccc4)CC3)cc2)cc1. The van der Waals surface area contributed by atoms with E-state index in [2.05, 4.69) is 16.3 Å². The number of sulfonamides is 1. The van der Waals surface area contributed by atoms with Crippen LogP contribution in [0.1, 0.15) is 21.5 Å². The molecule has 8 heteroatoms. The highest BCUT2D eigenvalue weighted by Crippen LogP contribution is 2.19. The molecule has 3 aromatic rings. The first-order valence-corrected chi connectivity index (χ1v) is 12.5. The summed E-state index contributed by atoms with van der Waals surface area (Å²) in [6, 6.07) is 25.3. The number of anilines is 1. The summed E-state index contributed by atoms with van der Waals surface area (Å²) in [4.78, 5) is 15.1. The van der Waals surface area contributed by atoms with E-state index in [-0.39, 0.29) is 5.91 Å². The van der Waals surface area contributed by atoms with E-state index in [1.807, 2.05) is 24.3 Å². The van der Waals surface area contributed by atoms with E-state index in [0.29, 0.717) is 55.3 Å². The number of benzene rings is 3. The number of piperazine rings is 1. The summed E-state index contributed by atoms with van der Waals surface area (Å²) in [5, 5.41) is 11.6. The van der Waals surface area contributed by atoms with Crippen LogP contribution in [0.3, 0.4) is 0 Å². The molecule has 34 heavy (non-hydrogen) atoms. The second kappa shape index (κ2) is 10.6. The van der Waals surface area contributed by atoms with Crippen LogP contribution < -0.4 is 5.32 Å². The maximum absolute atomic E-state index is 12.8. The number of carbonyl (C=O) groups is 1. The summed E-state index contributed by atoms with van der Waals surface area (Å²) in [6.07, 6.45) is 0.341. The van der Waals surface area contributed by atoms with Crippen molar-refractivity contribution >= 4 is 21.6 Å². The lowest BCUT2D eigenvalue weighted by atomic mass is 10.1. The van der Waals surface area contributed by atoms with Crippen LogP contribution in [0, 0.1) is 11.3 Å². The van der Waals surface area contributed by atoms with E-state index in [1.165, 1.54) is 0 Å². The normalized spacial score (nSPS) is 14.9. The Morgan fingerprint density at radius 3 is 2.09 bits per heavy atom. The second-order valence-corrected chi connectivity index (χ2v) is 10.1. The van der Waals surface area contributed by atoms with Crippen LogP contribution >= 0.6 is 0 Å². The zero-order chi connectivity index (χ0) is 24.0. The summed E-state index contributed by atoms with van der Waals surface area (Å²) in [5.41, 5.74) is 3.21. The van der Waals surface area contributed by atoms with Gasteiger partial charge in [-0.15, -0.1) is 0 Å². The number of nitrogens with one attached hydrogen (secondary N) is 1. The van der Waals surface area contributed by atoms with Gasteiger partial charge in [0.2, 0.25) is 10.0 Å². The average molecular weight is 475 g/mol. The highest BCUT2D eigenvalue weighted by atomic mass is 32.2. The van der Waals surface area contributed by atoms with Gasteiger partial charge < -0.3 is 5.32 Å². The molecule has 7 nitrogen and oxygen atoms in total. The van der Waals surface area contributed by atoms with Crippen molar-refractivity contribution in [2.75, 3.05) is 31.5 Å². The van der Waals surface area contributed by atoms with Crippen LogP contribution in [0.25, 0.3) is 0 Å². The molecule has 0 radical (unpaired) electrons. The van der Waals surface area contributed by atoms with Crippen LogP contribution in [0.2, 0.25) is 0 Å². The number of hydrogen-bond donors (Lipinski definition) is 1. The number of carbonyl (C=O) groups excluding carboxylic acids is 1. The van der Waals surface area contributed by atoms with Gasteiger partial charge in [0.25, 0.3) is 5.91 Å². The van der Waals surface area contributed by atoms with Crippen molar-refractivity contribution in [2.24, 2.45) is 0 Å². The molecule has 0 atom stereocenters. The summed E-state index contributed by atoms with van der Waals surface area (Å²) < 4.78 is 27.1. The van der Waals surface area contributed by atoms with E-state index >= 15 is 0 Å². The van der Waals surface area contributed by atoms with Gasteiger partial charge in [-0.25, -0.2) is 8.42 Å². The standard InChI is InChI=1S/C26H26N4O3S/c27-15-14-21-8-12-24(13-9-21)28-26(31)23-10-6-22(7-11-23)20-29-16-18-30(19-17-29)34(32,33)25-4-2-1-3-5-25/h1-13H,14,16-20H2,(H,28,31). The molecule has 4 rings (SSSR count). The van der Waals surface area contributed by atoms with Gasteiger partial charge >= 0.3 is 0 Å². The van der Waals surface area contributed by atoms with Gasteiger partial charge in [0, 0.05) is 44.0 Å². The predicted octanol–water partition coefficient (Wildman–Crippen LogP) is 3.51. The molecule has 0 unspecified atom stereocenters. The molecular weight excluding hydrogens is 448 g/mol. The molecule has 1 N–H and O–H groups in total. The minimum absolute atomic E-state index is 0.195. The lowest BCUT2D eigenvalue weighted by molar-refractivity contribution is 0.102. The molecular formula is C26H26N4O3S. The molecule has 0 saturated carbocycles. The van der Waals surface area contributed by atoms with Gasteiger partial charge in [0.15, 0.2) is 0 Å². The van der Waals surface area contributed by atoms with Crippen molar-refractivity contribution in [3.8, 4) is 6.07 Å². The van der Waals surface area contributed by atoms with Crippen molar-refractivity contribution in [3.63, 3.8) is 0 Å². The predicted molar refractivity (Wildman–Crippen MR) is 131 cm³/mol. The molecule has 1 aliphatic rings. The Morgan fingerprint density at radius 2 is 1.47 bits per heavy atom. The molecule has 3 aromatic carbocycles. The molecule has 1 heterocycles. The molecule has 1 aliphatic heterocycles. The van der Waals surface area contributed by atoms with Crippen molar-refractivity contribution in [2.45, 2.75) is 17.9 Å². The Labute approximate surface area is 200 Å². The second-order valence-electron chi connectivity index (χ2n) is 8.18. The average Bonchev–Trinajstić information content (AvgIpc) is 2.87. The molecule has 0 aliphatic carbocycles. The first-order chi connectivity index (χ1) is 16.5. The molecule has 0 spiro atoms. The monoisotopic (exact) mass is 474 g/mol. The van der Waals surface area contributed by atoms with Crippen LogP contribution in [-0.4, -0.2) is 49.7 Å². The van der Waals surface area contributed by atoms with Crippen LogP contribution in [0.4, 0.5) is 5.69 Å². The fraction of sp³-hybridized carbons (Fsp3) is 0.231. The van der Waals surface area contributed by atoms with E-state index in [9.17, 15) is 13.2 Å². The number of nitrogens with zero attached hydrogens (tertiary/aromatic N) is 3. The van der Waals surface area contributed by atoms with E-state index in [4.69, 9.17) is 5.26 Å². The molecule has 0 bridgehead atoms. The molecule has 1 saturated heterocycles. The number of amides is 1. The number of hydrogen-bond acceptors (Lipinski definition) is 5. The third-order valence-electron chi connectivity index (χ3n) is 5.83. The summed E-state index contributed by atoms with van der Waals surface area (Å²) >= 11 is 0. The Bertz CT molecular complexity index is 1260. The fourth-order valence-electron chi connectivity index (χ4n) is 3.89. The first kappa shape index (κ1) is 23.6. The smallest absolute Gasteiger partial charge is 0.255 e. The van der Waals surface area contributed by atoms with Crippen molar-refractivity contribution < 1.29 is 13.2 Å². The first-order valence-electron chi connectivity index (χ1n) is 11.1. The number of rotatable bonds is 7. The van der Waals surface area contributed by atoms with Crippen LogP contribution in [0.5, 0.6) is 0 Å². The number of nitriles is 1. The van der Waals surface area contributed by atoms with Gasteiger partial charge in [-0.1, -0.05) is 42.5 Å². The van der Waals surface area contributed by atoms with Gasteiger partial charge in [-0.05, 0) is 47.5 Å². The van der Waals surface area contributed by atoms with Crippen molar-refractivity contribution in [1.29, 1.82) is 5.26 Å². The maximum Gasteiger partial charge on any atom is 0.255 e. The molecule has 1 amide bonds. The minimum Gasteiger partial charge on any atom is -0.322 e. The zero-order valence-electron chi connectivity index (χ0n) is 18.7. The lowest BCUT2D eigenvalue weighted by Crippen LogP contribution is -2.48. The summed E-state index contributed by atoms with van der Waals surface area (Å²) in [5.74, 6) is -0.195. The summed E-state index contributed by atoms with van der Waals surface area (Å²) in [7, 11) is -3.46. The molecule has 1 fully saturated rings. The van der Waals surface area contributed by atoms with Crippen molar-refractivity contribution in [3.05, 3.63) is 95.6 Å². The quantitative estimate of drug-likeness (QED) is 0.566. The zero-order valence-corrected chi connectivity index (χ0v) is 19.5. The third-order valence-corrected chi connectivity index (χ3v) is 7.74. The van der Waals surface area contributed by atoms with E-state index < -0.39 is 10.0 Å². The Morgan fingerprint density at radius 1 is 0.853 bits per heavy atom. The van der Waals surface area contributed by atoms with Gasteiger partial charge in [0.1, 0.15) is 0 Å². The Balaban J connectivity index is 1.29. The van der Waals surface area contributed by atoms with Gasteiger partial charge in [-0.3, -0.25) is 9.69 Å². The lowest BCUT2D eigenvalue weighted by Gasteiger charge is -2.34. The maximum atomic E-state index is 12.8. The van der Waals surface area contributed by atoms with Gasteiger partial charge in [0.05, 0.1) is 17.4 Å². The third kappa shape index (κ3) is 5.69. The highest BCUT2D eigenvalue weighted by Gasteiger charge is 2.28. The highest BCUT2D eigenvalue weighted by molar-refractivity contribution is 7.89. The topological polar surface area (TPSA) is 93.5 Å². The Kier molecular flexibility index (Phi) is 7.38. The van der Waals surface area contributed by atoms with Gasteiger partial charge in [-0.2, -0.15) is 9.57 Å². The summed E-state index contributed by atoms with van der Waals surface area (Å²) in [6.45, 7) is 2.89. The molecule has 174 valence electrons. The Hall–Kier alpha value is -3.51. The van der Waals surface area contributed by atoms with Crippen LogP contribution in [-0.2, 0) is 23.0 Å². The molecule has 0 aromatic heterocycles. The fourth-order valence-corrected chi connectivity index (χ4v) is 5.33. The van der Waals surface area contributed by atoms with Crippen molar-refractivity contribution in [1.82, 2.24) is 9.21 Å². The largest absolute Gasteiger partial charge is 0.322 e. The van der Waals surface area contributed by atoms with Crippen LogP contribution in [0.15, 0.2) is 83.8 Å². The van der Waals surface area contributed by atoms with E-state index in [0.717, 1.165) is 11.1 Å². The van der Waals surface area contributed by atoms with E-state index in [1.54, 1.807) is 58.9 Å².